The molecule has 0 radical (unpaired) electrons. The molecule has 1 N–H and O–H groups in total. The first-order chi connectivity index (χ1) is 14.9. The highest BCUT2D eigenvalue weighted by Gasteiger charge is 2.13. The molecule has 0 atom stereocenters. The third-order valence-corrected chi connectivity index (χ3v) is 6.09. The summed E-state index contributed by atoms with van der Waals surface area (Å²) in [5.74, 6) is 0.146. The van der Waals surface area contributed by atoms with Gasteiger partial charge in [0.25, 0.3) is 0 Å². The molecule has 1 amide bonds. The Kier molecular flexibility index (Phi) is 6.04. The van der Waals surface area contributed by atoms with E-state index in [0.717, 1.165) is 34.5 Å². The Labute approximate surface area is 186 Å². The highest BCUT2D eigenvalue weighted by molar-refractivity contribution is 7.99. The summed E-state index contributed by atoms with van der Waals surface area (Å²) in [6.07, 6.45) is 1.00. The Balaban J connectivity index is 1.50. The Hall–Kier alpha value is -3.19. The predicted octanol–water partition coefficient (Wildman–Crippen LogP) is 5.01. The van der Waals surface area contributed by atoms with E-state index in [1.165, 1.54) is 22.9 Å². The van der Waals surface area contributed by atoms with Gasteiger partial charge in [0.15, 0.2) is 5.65 Å². The fourth-order valence-corrected chi connectivity index (χ4v) is 4.29. The van der Waals surface area contributed by atoms with Gasteiger partial charge in [-0.1, -0.05) is 60.6 Å². The van der Waals surface area contributed by atoms with Crippen LogP contribution in [0.5, 0.6) is 0 Å². The van der Waals surface area contributed by atoms with Crippen LogP contribution >= 0.6 is 11.8 Å². The van der Waals surface area contributed by atoms with Gasteiger partial charge < -0.3 is 5.32 Å². The summed E-state index contributed by atoms with van der Waals surface area (Å²) in [4.78, 5) is 12.6. The normalized spacial score (nSPS) is 11.1. The van der Waals surface area contributed by atoms with Gasteiger partial charge in [-0.25, -0.2) is 0 Å². The van der Waals surface area contributed by atoms with Gasteiger partial charge in [0, 0.05) is 11.3 Å². The molecular formula is C24H25N5OS. The zero-order valence-corrected chi connectivity index (χ0v) is 19.0. The fraction of sp³-hybridized carbons (Fsp3) is 0.250. The predicted molar refractivity (Wildman–Crippen MR) is 126 cm³/mol. The van der Waals surface area contributed by atoms with E-state index >= 15 is 0 Å². The van der Waals surface area contributed by atoms with E-state index in [4.69, 9.17) is 5.10 Å². The van der Waals surface area contributed by atoms with Gasteiger partial charge in [0.1, 0.15) is 0 Å². The number of nitrogens with zero attached hydrogens (tertiary/aromatic N) is 4. The number of hydrogen-bond acceptors (Lipinski definition) is 5. The molecule has 2 aromatic heterocycles. The van der Waals surface area contributed by atoms with Gasteiger partial charge in [-0.15, -0.1) is 10.2 Å². The lowest BCUT2D eigenvalue weighted by atomic mass is 10.1. The third kappa shape index (κ3) is 4.61. The zero-order chi connectivity index (χ0) is 22.0. The molecule has 0 fully saturated rings. The van der Waals surface area contributed by atoms with Crippen LogP contribution in [0.1, 0.15) is 29.2 Å². The van der Waals surface area contributed by atoms with Crippen LogP contribution in [0.4, 0.5) is 5.69 Å². The minimum Gasteiger partial charge on any atom is -0.325 e. The van der Waals surface area contributed by atoms with Gasteiger partial charge in [0.2, 0.25) is 11.1 Å². The van der Waals surface area contributed by atoms with Crippen molar-refractivity contribution in [1.29, 1.82) is 0 Å². The van der Waals surface area contributed by atoms with Crippen molar-refractivity contribution in [3.63, 3.8) is 0 Å². The van der Waals surface area contributed by atoms with Gasteiger partial charge in [-0.05, 0) is 56.0 Å². The number of hydrogen-bond donors (Lipinski definition) is 1. The van der Waals surface area contributed by atoms with E-state index in [1.54, 1.807) is 4.52 Å². The molecule has 2 heterocycles. The Morgan fingerprint density at radius 1 is 1.00 bits per heavy atom. The molecule has 0 aliphatic carbocycles. The van der Waals surface area contributed by atoms with Crippen LogP contribution in [0.3, 0.4) is 0 Å². The van der Waals surface area contributed by atoms with Crippen LogP contribution < -0.4 is 5.32 Å². The molecule has 4 rings (SSSR count). The Morgan fingerprint density at radius 2 is 1.71 bits per heavy atom. The molecule has 0 saturated carbocycles. The first-order valence-corrected chi connectivity index (χ1v) is 11.3. The summed E-state index contributed by atoms with van der Waals surface area (Å²) in [5.41, 5.74) is 7.99. The number of carbonyl (C=O) groups excluding carboxylic acids is 1. The lowest BCUT2D eigenvalue weighted by Crippen LogP contribution is -2.16. The molecule has 2 aromatic carbocycles. The molecular weight excluding hydrogens is 406 g/mol. The molecule has 0 aliphatic rings. The average Bonchev–Trinajstić information content (AvgIpc) is 3.17. The van der Waals surface area contributed by atoms with Crippen LogP contribution in [0, 0.1) is 20.8 Å². The number of thioether (sulfide) groups is 1. The third-order valence-electron chi connectivity index (χ3n) is 5.17. The second-order valence-corrected chi connectivity index (χ2v) is 8.57. The van der Waals surface area contributed by atoms with Gasteiger partial charge in [-0.2, -0.15) is 9.61 Å². The number of aromatic nitrogens is 4. The van der Waals surface area contributed by atoms with E-state index in [-0.39, 0.29) is 11.7 Å². The van der Waals surface area contributed by atoms with Gasteiger partial charge in [-0.3, -0.25) is 4.79 Å². The van der Waals surface area contributed by atoms with Crippen LogP contribution in [-0.4, -0.2) is 31.5 Å². The fourth-order valence-electron chi connectivity index (χ4n) is 3.61. The van der Waals surface area contributed by atoms with Crippen molar-refractivity contribution in [3.8, 4) is 11.3 Å². The first-order valence-electron chi connectivity index (χ1n) is 10.3. The minimum atomic E-state index is -0.0805. The number of benzene rings is 2. The molecule has 6 nitrogen and oxygen atoms in total. The highest BCUT2D eigenvalue weighted by Crippen LogP contribution is 2.24. The summed E-state index contributed by atoms with van der Waals surface area (Å²) < 4.78 is 1.70. The van der Waals surface area contributed by atoms with Crippen LogP contribution in [0.25, 0.3) is 16.9 Å². The molecule has 0 aliphatic heterocycles. The quantitative estimate of drug-likeness (QED) is 0.435. The van der Waals surface area contributed by atoms with Crippen molar-refractivity contribution in [2.24, 2.45) is 0 Å². The van der Waals surface area contributed by atoms with Gasteiger partial charge in [0.05, 0.1) is 11.4 Å². The molecule has 0 bridgehead atoms. The van der Waals surface area contributed by atoms with Crippen molar-refractivity contribution in [3.05, 3.63) is 70.8 Å². The number of aryl methyl sites for hydroxylation is 4. The van der Waals surface area contributed by atoms with Crippen LogP contribution in [0.2, 0.25) is 0 Å². The molecule has 7 heteroatoms. The maximum absolute atomic E-state index is 12.6. The largest absolute Gasteiger partial charge is 0.325 e. The highest BCUT2D eigenvalue weighted by atomic mass is 32.2. The summed E-state index contributed by atoms with van der Waals surface area (Å²) >= 11 is 1.32. The first kappa shape index (κ1) is 21.1. The summed E-state index contributed by atoms with van der Waals surface area (Å²) in [7, 11) is 0. The maximum Gasteiger partial charge on any atom is 0.234 e. The average molecular weight is 432 g/mol. The maximum atomic E-state index is 12.6. The van der Waals surface area contributed by atoms with Crippen molar-refractivity contribution in [2.75, 3.05) is 11.1 Å². The summed E-state index contributed by atoms with van der Waals surface area (Å²) in [5, 5.41) is 16.7. The van der Waals surface area contributed by atoms with E-state index in [9.17, 15) is 4.79 Å². The Morgan fingerprint density at radius 3 is 2.39 bits per heavy atom. The summed E-state index contributed by atoms with van der Waals surface area (Å²) in [6.45, 7) is 8.20. The molecule has 0 unspecified atom stereocenters. The number of nitrogens with one attached hydrogen (secondary N) is 1. The topological polar surface area (TPSA) is 72.2 Å². The standard InChI is InChI=1S/C24H25N5OS/c1-5-18-6-8-19(9-7-18)20-10-11-21-26-27-24(29(21)28-20)31-14-22(30)25-23-16(3)12-15(2)13-17(23)4/h6-13H,5,14H2,1-4H3,(H,25,30). The Bertz CT molecular complexity index is 1220. The molecule has 4 aromatic rings. The van der Waals surface area contributed by atoms with Crippen molar-refractivity contribution < 1.29 is 4.79 Å². The number of anilines is 1. The monoisotopic (exact) mass is 431 g/mol. The van der Waals surface area contributed by atoms with Crippen LogP contribution in [0.15, 0.2) is 53.7 Å². The van der Waals surface area contributed by atoms with E-state index < -0.39 is 0 Å². The lowest BCUT2D eigenvalue weighted by molar-refractivity contribution is -0.113. The van der Waals surface area contributed by atoms with E-state index in [0.29, 0.717) is 10.8 Å². The SMILES string of the molecule is CCc1ccc(-c2ccc3nnc(SCC(=O)Nc4c(C)cc(C)cc4C)n3n2)cc1. The van der Waals surface area contributed by atoms with Crippen molar-refractivity contribution >= 4 is 29.0 Å². The van der Waals surface area contributed by atoms with Crippen molar-refractivity contribution in [1.82, 2.24) is 19.8 Å². The zero-order valence-electron chi connectivity index (χ0n) is 18.1. The number of rotatable bonds is 6. The smallest absolute Gasteiger partial charge is 0.234 e. The van der Waals surface area contributed by atoms with Gasteiger partial charge >= 0.3 is 0 Å². The van der Waals surface area contributed by atoms with E-state index in [1.807, 2.05) is 26.0 Å². The molecule has 0 saturated heterocycles. The minimum absolute atomic E-state index is 0.0805. The lowest BCUT2D eigenvalue weighted by Gasteiger charge is -2.12. The molecule has 0 spiro atoms. The second-order valence-electron chi connectivity index (χ2n) is 7.63. The van der Waals surface area contributed by atoms with Crippen molar-refractivity contribution in [2.45, 2.75) is 39.3 Å². The van der Waals surface area contributed by atoms with E-state index in [2.05, 4.69) is 65.8 Å². The summed E-state index contributed by atoms with van der Waals surface area (Å²) in [6, 6.07) is 16.3. The molecule has 158 valence electrons. The number of carbonyl (C=O) groups is 1. The number of fused-ring (bicyclic) bond motifs is 1. The molecule has 31 heavy (non-hydrogen) atoms. The number of amides is 1. The van der Waals surface area contributed by atoms with Crippen LogP contribution in [-0.2, 0) is 11.2 Å². The second kappa shape index (κ2) is 8.89.